The molecule has 1 aliphatic heterocycles. The lowest BCUT2D eigenvalue weighted by Crippen LogP contribution is -2.50. The van der Waals surface area contributed by atoms with Crippen molar-refractivity contribution in [3.8, 4) is 0 Å². The summed E-state index contributed by atoms with van der Waals surface area (Å²) in [6.07, 6.45) is 2.41. The van der Waals surface area contributed by atoms with Crippen LogP contribution in [0.1, 0.15) is 33.1 Å². The maximum atomic E-state index is 11.3. The third-order valence-corrected chi connectivity index (χ3v) is 4.93. The first kappa shape index (κ1) is 16.6. The third-order valence-electron chi connectivity index (χ3n) is 3.66. The van der Waals surface area contributed by atoms with E-state index >= 15 is 0 Å². The molecule has 5 nitrogen and oxygen atoms in total. The van der Waals surface area contributed by atoms with Gasteiger partial charge in [0.2, 0.25) is 0 Å². The summed E-state index contributed by atoms with van der Waals surface area (Å²) in [7, 11) is -0.643. The van der Waals surface area contributed by atoms with E-state index in [1.807, 2.05) is 6.92 Å². The number of nitrogens with one attached hydrogen (secondary N) is 1. The molecule has 1 aliphatic rings. The molecule has 1 unspecified atom stereocenters. The molecular weight excluding hydrogens is 264 g/mol. The summed E-state index contributed by atoms with van der Waals surface area (Å²) >= 11 is 0. The summed E-state index contributed by atoms with van der Waals surface area (Å²) in [5.41, 5.74) is -0.825. The molecule has 0 radical (unpaired) electrons. The van der Waals surface area contributed by atoms with Crippen molar-refractivity contribution in [2.24, 2.45) is 0 Å². The highest BCUT2D eigenvalue weighted by Crippen LogP contribution is 2.14. The molecule has 6 heteroatoms. The minimum absolute atomic E-state index is 0.627. The molecule has 0 saturated carbocycles. The molecule has 2 N–H and O–H groups in total. The first-order valence-electron chi connectivity index (χ1n) is 7.03. The highest BCUT2D eigenvalue weighted by molar-refractivity contribution is 7.85. The van der Waals surface area contributed by atoms with Crippen molar-refractivity contribution in [3.63, 3.8) is 0 Å². The standard InChI is InChI=1S/C13H26N2O3S/c1-3-6-14-13(2,12(16)17)5-4-7-15-8-10-19(18)11-9-15/h14H,3-11H2,1-2H3,(H,16,17). The van der Waals surface area contributed by atoms with Crippen molar-refractivity contribution in [1.82, 2.24) is 10.2 Å². The van der Waals surface area contributed by atoms with Crippen LogP contribution in [0, 0.1) is 0 Å². The minimum atomic E-state index is -0.825. The molecule has 0 aliphatic carbocycles. The van der Waals surface area contributed by atoms with Gasteiger partial charge in [-0.15, -0.1) is 0 Å². The van der Waals surface area contributed by atoms with E-state index in [1.54, 1.807) is 6.92 Å². The smallest absolute Gasteiger partial charge is 0.323 e. The van der Waals surface area contributed by atoms with Crippen molar-refractivity contribution >= 4 is 16.8 Å². The van der Waals surface area contributed by atoms with E-state index in [-0.39, 0.29) is 0 Å². The second-order valence-electron chi connectivity index (χ2n) is 5.36. The summed E-state index contributed by atoms with van der Waals surface area (Å²) in [5, 5.41) is 12.4. The Bertz CT molecular complexity index is 315. The summed E-state index contributed by atoms with van der Waals surface area (Å²) < 4.78 is 11.2. The van der Waals surface area contributed by atoms with Crippen molar-refractivity contribution < 1.29 is 14.1 Å². The summed E-state index contributed by atoms with van der Waals surface area (Å²) in [4.78, 5) is 13.6. The van der Waals surface area contributed by atoms with E-state index < -0.39 is 22.3 Å². The van der Waals surface area contributed by atoms with Gasteiger partial charge in [0.15, 0.2) is 0 Å². The Morgan fingerprint density at radius 2 is 2.05 bits per heavy atom. The van der Waals surface area contributed by atoms with Gasteiger partial charge in [0.1, 0.15) is 5.54 Å². The van der Waals surface area contributed by atoms with Gasteiger partial charge in [-0.3, -0.25) is 9.00 Å². The zero-order valence-corrected chi connectivity index (χ0v) is 12.8. The Labute approximate surface area is 118 Å². The SMILES string of the molecule is CCCNC(C)(CCCN1CCS(=O)CC1)C(=O)O. The van der Waals surface area contributed by atoms with Gasteiger partial charge in [0.25, 0.3) is 0 Å². The number of nitrogens with zero attached hydrogens (tertiary/aromatic N) is 1. The van der Waals surface area contributed by atoms with Crippen LogP contribution in [0.3, 0.4) is 0 Å². The van der Waals surface area contributed by atoms with Crippen molar-refractivity contribution in [3.05, 3.63) is 0 Å². The predicted molar refractivity (Wildman–Crippen MR) is 77.9 cm³/mol. The molecule has 112 valence electrons. The molecule has 0 spiro atoms. The quantitative estimate of drug-likeness (QED) is 0.688. The fraction of sp³-hybridized carbons (Fsp3) is 0.923. The Balaban J connectivity index is 2.32. The Kier molecular flexibility index (Phi) is 6.96. The molecule has 0 aromatic heterocycles. The summed E-state index contributed by atoms with van der Waals surface area (Å²) in [5.74, 6) is 0.731. The molecule has 0 amide bonds. The van der Waals surface area contributed by atoms with Gasteiger partial charge in [-0.2, -0.15) is 0 Å². The van der Waals surface area contributed by atoms with Gasteiger partial charge in [0, 0.05) is 35.4 Å². The van der Waals surface area contributed by atoms with Crippen LogP contribution in [0.4, 0.5) is 0 Å². The number of hydrogen-bond acceptors (Lipinski definition) is 4. The average Bonchev–Trinajstić information content (AvgIpc) is 2.38. The second-order valence-corrected chi connectivity index (χ2v) is 7.05. The lowest BCUT2D eigenvalue weighted by atomic mass is 9.95. The van der Waals surface area contributed by atoms with Crippen molar-refractivity contribution in [2.45, 2.75) is 38.6 Å². The highest BCUT2D eigenvalue weighted by Gasteiger charge is 2.31. The predicted octanol–water partition coefficient (Wildman–Crippen LogP) is 0.674. The monoisotopic (exact) mass is 290 g/mol. The molecular formula is C13H26N2O3S. The first-order valence-corrected chi connectivity index (χ1v) is 8.52. The van der Waals surface area contributed by atoms with Crippen molar-refractivity contribution in [2.75, 3.05) is 37.7 Å². The first-order chi connectivity index (χ1) is 8.98. The number of rotatable bonds is 8. The fourth-order valence-electron chi connectivity index (χ4n) is 2.23. The van der Waals surface area contributed by atoms with E-state index in [1.165, 1.54) is 0 Å². The van der Waals surface area contributed by atoms with Crippen LogP contribution >= 0.6 is 0 Å². The fourth-order valence-corrected chi connectivity index (χ4v) is 3.36. The molecule has 1 saturated heterocycles. The van der Waals surface area contributed by atoms with E-state index in [0.717, 1.165) is 50.5 Å². The number of aliphatic carboxylic acids is 1. The van der Waals surface area contributed by atoms with E-state index in [9.17, 15) is 14.1 Å². The van der Waals surface area contributed by atoms with Gasteiger partial charge in [-0.05, 0) is 39.3 Å². The maximum Gasteiger partial charge on any atom is 0.323 e. The van der Waals surface area contributed by atoms with Crippen LogP contribution in [-0.4, -0.2) is 63.4 Å². The average molecular weight is 290 g/mol. The Hall–Kier alpha value is -0.460. The van der Waals surface area contributed by atoms with Crippen LogP contribution in [0.15, 0.2) is 0 Å². The molecule has 19 heavy (non-hydrogen) atoms. The van der Waals surface area contributed by atoms with Gasteiger partial charge in [-0.25, -0.2) is 0 Å². The lowest BCUT2D eigenvalue weighted by Gasteiger charge is -2.29. The zero-order valence-electron chi connectivity index (χ0n) is 12.0. The van der Waals surface area contributed by atoms with Crippen LogP contribution < -0.4 is 5.32 Å². The van der Waals surface area contributed by atoms with Crippen LogP contribution in [0.5, 0.6) is 0 Å². The molecule has 0 bridgehead atoms. The molecule has 1 rings (SSSR count). The number of hydrogen-bond donors (Lipinski definition) is 2. The van der Waals surface area contributed by atoms with E-state index in [4.69, 9.17) is 0 Å². The molecule has 0 aromatic rings. The topological polar surface area (TPSA) is 69.6 Å². The lowest BCUT2D eigenvalue weighted by molar-refractivity contribution is -0.144. The highest BCUT2D eigenvalue weighted by atomic mass is 32.2. The third kappa shape index (κ3) is 5.58. The molecule has 1 fully saturated rings. The largest absolute Gasteiger partial charge is 0.480 e. The van der Waals surface area contributed by atoms with E-state index in [0.29, 0.717) is 6.42 Å². The normalized spacial score (nSPS) is 21.2. The molecule has 1 heterocycles. The molecule has 0 aromatic carbocycles. The molecule has 1 atom stereocenters. The number of carboxylic acid groups (broad SMARTS) is 1. The summed E-state index contributed by atoms with van der Waals surface area (Å²) in [6.45, 7) is 7.16. The van der Waals surface area contributed by atoms with Gasteiger partial charge in [-0.1, -0.05) is 6.92 Å². The number of carbonyl (C=O) groups is 1. The van der Waals surface area contributed by atoms with Gasteiger partial charge < -0.3 is 15.3 Å². The second kappa shape index (κ2) is 7.97. The summed E-state index contributed by atoms with van der Waals surface area (Å²) in [6, 6.07) is 0. The van der Waals surface area contributed by atoms with E-state index in [2.05, 4.69) is 10.2 Å². The van der Waals surface area contributed by atoms with Crippen LogP contribution in [-0.2, 0) is 15.6 Å². The van der Waals surface area contributed by atoms with Crippen LogP contribution in [0.2, 0.25) is 0 Å². The Morgan fingerprint density at radius 1 is 1.42 bits per heavy atom. The zero-order chi connectivity index (χ0) is 14.3. The van der Waals surface area contributed by atoms with Crippen LogP contribution in [0.25, 0.3) is 0 Å². The number of carboxylic acids is 1. The maximum absolute atomic E-state index is 11.3. The Morgan fingerprint density at radius 3 is 2.58 bits per heavy atom. The van der Waals surface area contributed by atoms with Gasteiger partial charge >= 0.3 is 5.97 Å². The van der Waals surface area contributed by atoms with Gasteiger partial charge in [0.05, 0.1) is 0 Å². The minimum Gasteiger partial charge on any atom is -0.480 e. The van der Waals surface area contributed by atoms with Crippen molar-refractivity contribution in [1.29, 1.82) is 0 Å².